The molecule has 0 heterocycles. The van der Waals surface area contributed by atoms with Crippen LogP contribution in [-0.2, 0) is 11.3 Å². The van der Waals surface area contributed by atoms with Gasteiger partial charge in [0, 0.05) is 25.3 Å². The maximum absolute atomic E-state index is 12.5. The van der Waals surface area contributed by atoms with E-state index in [0.717, 1.165) is 5.56 Å². The van der Waals surface area contributed by atoms with Crippen molar-refractivity contribution in [3.63, 3.8) is 0 Å². The first kappa shape index (κ1) is 19.5. The normalized spacial score (nSPS) is 11.8. The number of carbonyl (C=O) groups is 1. The van der Waals surface area contributed by atoms with Crippen molar-refractivity contribution in [1.29, 1.82) is 0 Å². The van der Waals surface area contributed by atoms with Crippen molar-refractivity contribution in [2.75, 3.05) is 19.5 Å². The molecule has 0 aliphatic carbocycles. The van der Waals surface area contributed by atoms with Gasteiger partial charge in [0.2, 0.25) is 5.91 Å². The maximum atomic E-state index is 12.5. The van der Waals surface area contributed by atoms with Crippen molar-refractivity contribution in [2.24, 2.45) is 0 Å². The molecule has 0 bridgehead atoms. The summed E-state index contributed by atoms with van der Waals surface area (Å²) in [6.07, 6.45) is 0. The summed E-state index contributed by atoms with van der Waals surface area (Å²) in [4.78, 5) is 14.1. The topological polar surface area (TPSA) is 50.8 Å². The van der Waals surface area contributed by atoms with E-state index in [9.17, 15) is 13.6 Å². The van der Waals surface area contributed by atoms with Gasteiger partial charge in [-0.05, 0) is 24.6 Å². The Labute approximate surface area is 151 Å². The van der Waals surface area contributed by atoms with Gasteiger partial charge >= 0.3 is 6.61 Å². The first-order chi connectivity index (χ1) is 12.4. The molecule has 0 radical (unpaired) electrons. The Morgan fingerprint density at radius 2 is 1.85 bits per heavy atom. The molecule has 1 atom stereocenters. The second-order valence-corrected chi connectivity index (χ2v) is 5.79. The molecular formula is C19H22F2N2O3. The van der Waals surface area contributed by atoms with E-state index in [1.807, 2.05) is 30.3 Å². The van der Waals surface area contributed by atoms with Crippen LogP contribution in [0.3, 0.4) is 0 Å². The lowest BCUT2D eigenvalue weighted by Gasteiger charge is -2.23. The van der Waals surface area contributed by atoms with Crippen LogP contribution < -0.4 is 14.8 Å². The zero-order valence-electron chi connectivity index (χ0n) is 14.9. The minimum Gasteiger partial charge on any atom is -0.493 e. The van der Waals surface area contributed by atoms with E-state index in [1.54, 1.807) is 24.9 Å². The molecule has 0 aromatic heterocycles. The van der Waals surface area contributed by atoms with Crippen LogP contribution in [0.25, 0.3) is 0 Å². The smallest absolute Gasteiger partial charge is 0.387 e. The van der Waals surface area contributed by atoms with Crippen molar-refractivity contribution in [2.45, 2.75) is 26.1 Å². The number of alkyl halides is 2. The third-order valence-corrected chi connectivity index (χ3v) is 3.77. The number of rotatable bonds is 8. The molecule has 2 aromatic rings. The molecule has 2 rings (SSSR count). The number of likely N-dealkylation sites (N-methyl/N-ethyl adjacent to an activating group) is 1. The first-order valence-corrected chi connectivity index (χ1v) is 8.09. The minimum absolute atomic E-state index is 0.0928. The van der Waals surface area contributed by atoms with Crippen molar-refractivity contribution < 1.29 is 23.0 Å². The lowest BCUT2D eigenvalue weighted by Crippen LogP contribution is -2.38. The van der Waals surface area contributed by atoms with Crippen LogP contribution in [0, 0.1) is 0 Å². The van der Waals surface area contributed by atoms with Crippen LogP contribution in [0.5, 0.6) is 11.5 Å². The molecule has 0 aliphatic rings. The number of hydrogen-bond donors (Lipinski definition) is 1. The van der Waals surface area contributed by atoms with Gasteiger partial charge in [0.15, 0.2) is 11.5 Å². The third kappa shape index (κ3) is 5.34. The zero-order valence-corrected chi connectivity index (χ0v) is 14.9. The number of nitrogens with one attached hydrogen (secondary N) is 1. The van der Waals surface area contributed by atoms with Gasteiger partial charge in [-0.1, -0.05) is 30.3 Å². The van der Waals surface area contributed by atoms with Gasteiger partial charge in [-0.25, -0.2) is 0 Å². The first-order valence-electron chi connectivity index (χ1n) is 8.09. The number of nitrogens with zero attached hydrogens (tertiary/aromatic N) is 1. The van der Waals surface area contributed by atoms with E-state index < -0.39 is 12.7 Å². The summed E-state index contributed by atoms with van der Waals surface area (Å²) in [6, 6.07) is 13.6. The highest BCUT2D eigenvalue weighted by molar-refractivity contribution is 5.84. The molecule has 7 heteroatoms. The Bertz CT molecular complexity index is 726. The third-order valence-electron chi connectivity index (χ3n) is 3.77. The van der Waals surface area contributed by atoms with E-state index >= 15 is 0 Å². The average Bonchev–Trinajstić information content (AvgIpc) is 2.61. The van der Waals surface area contributed by atoms with Crippen LogP contribution in [0.15, 0.2) is 48.5 Å². The Kier molecular flexibility index (Phi) is 6.77. The summed E-state index contributed by atoms with van der Waals surface area (Å²) in [7, 11) is 3.08. The van der Waals surface area contributed by atoms with Crippen LogP contribution in [-0.4, -0.2) is 37.6 Å². The molecule has 5 nitrogen and oxygen atoms in total. The number of halogens is 2. The van der Waals surface area contributed by atoms with E-state index in [1.165, 1.54) is 19.2 Å². The van der Waals surface area contributed by atoms with Gasteiger partial charge < -0.3 is 19.7 Å². The van der Waals surface area contributed by atoms with Crippen molar-refractivity contribution >= 4 is 11.6 Å². The number of ether oxygens (including phenoxy) is 2. The maximum Gasteiger partial charge on any atom is 0.387 e. The molecule has 0 fully saturated rings. The summed E-state index contributed by atoms with van der Waals surface area (Å²) in [5.74, 6) is -0.0261. The Balaban J connectivity index is 2.03. The van der Waals surface area contributed by atoms with Gasteiger partial charge in [-0.3, -0.25) is 4.79 Å². The van der Waals surface area contributed by atoms with Gasteiger partial charge in [-0.2, -0.15) is 8.78 Å². The average molecular weight is 364 g/mol. The summed E-state index contributed by atoms with van der Waals surface area (Å²) in [5, 5.41) is 3.00. The monoisotopic (exact) mass is 364 g/mol. The molecule has 1 N–H and O–H groups in total. The molecule has 0 aliphatic heterocycles. The standard InChI is InChI=1S/C19H22F2N2O3/c1-13(18(24)23(2)12-14-7-5-4-6-8-14)22-15-9-10-16(25-3)17(11-15)26-19(20)21/h4-11,13,19,22H,12H2,1-3H3/t13-/m1/s1. The van der Waals surface area contributed by atoms with Gasteiger partial charge in [-0.15, -0.1) is 0 Å². The van der Waals surface area contributed by atoms with E-state index in [2.05, 4.69) is 10.1 Å². The fraction of sp³-hybridized carbons (Fsp3) is 0.316. The summed E-state index contributed by atoms with van der Waals surface area (Å²) in [6.45, 7) is -0.773. The predicted octanol–water partition coefficient (Wildman–Crippen LogP) is 3.76. The molecule has 0 unspecified atom stereocenters. The summed E-state index contributed by atoms with van der Waals surface area (Å²) in [5.41, 5.74) is 1.50. The lowest BCUT2D eigenvalue weighted by atomic mass is 10.2. The number of hydrogen-bond acceptors (Lipinski definition) is 4. The summed E-state index contributed by atoms with van der Waals surface area (Å²) < 4.78 is 34.5. The Morgan fingerprint density at radius 3 is 2.46 bits per heavy atom. The second kappa shape index (κ2) is 9.03. The van der Waals surface area contributed by atoms with Crippen LogP contribution in [0.2, 0.25) is 0 Å². The lowest BCUT2D eigenvalue weighted by molar-refractivity contribution is -0.130. The van der Waals surface area contributed by atoms with Crippen LogP contribution in [0.4, 0.5) is 14.5 Å². The van der Waals surface area contributed by atoms with E-state index in [4.69, 9.17) is 4.74 Å². The van der Waals surface area contributed by atoms with Gasteiger partial charge in [0.05, 0.1) is 7.11 Å². The van der Waals surface area contributed by atoms with Gasteiger partial charge in [0.1, 0.15) is 6.04 Å². The highest BCUT2D eigenvalue weighted by Crippen LogP contribution is 2.31. The molecular weight excluding hydrogens is 342 g/mol. The number of carbonyl (C=O) groups excluding carboxylic acids is 1. The van der Waals surface area contributed by atoms with E-state index in [-0.39, 0.29) is 17.4 Å². The largest absolute Gasteiger partial charge is 0.493 e. The predicted molar refractivity (Wildman–Crippen MR) is 95.6 cm³/mol. The Hall–Kier alpha value is -2.83. The molecule has 0 saturated heterocycles. The molecule has 2 aromatic carbocycles. The fourth-order valence-corrected chi connectivity index (χ4v) is 2.53. The number of benzene rings is 2. The number of methoxy groups -OCH3 is 1. The van der Waals surface area contributed by atoms with Crippen molar-refractivity contribution in [1.82, 2.24) is 4.90 Å². The van der Waals surface area contributed by atoms with Gasteiger partial charge in [0.25, 0.3) is 0 Å². The van der Waals surface area contributed by atoms with E-state index in [0.29, 0.717) is 12.2 Å². The molecule has 1 amide bonds. The van der Waals surface area contributed by atoms with Crippen molar-refractivity contribution in [3.05, 3.63) is 54.1 Å². The highest BCUT2D eigenvalue weighted by Gasteiger charge is 2.19. The number of anilines is 1. The van der Waals surface area contributed by atoms with Crippen LogP contribution in [0.1, 0.15) is 12.5 Å². The minimum atomic E-state index is -2.96. The SMILES string of the molecule is COc1ccc(N[C@H](C)C(=O)N(C)Cc2ccccc2)cc1OC(F)F. The molecule has 0 saturated carbocycles. The second-order valence-electron chi connectivity index (χ2n) is 5.79. The summed E-state index contributed by atoms with van der Waals surface area (Å²) >= 11 is 0. The van der Waals surface area contributed by atoms with Crippen LogP contribution >= 0.6 is 0 Å². The molecule has 0 spiro atoms. The Morgan fingerprint density at radius 1 is 1.15 bits per heavy atom. The molecule has 26 heavy (non-hydrogen) atoms. The van der Waals surface area contributed by atoms with Crippen molar-refractivity contribution in [3.8, 4) is 11.5 Å². The zero-order chi connectivity index (χ0) is 19.1. The quantitative estimate of drug-likeness (QED) is 0.775. The fourth-order valence-electron chi connectivity index (χ4n) is 2.53. The molecule has 140 valence electrons. The number of amides is 1. The highest BCUT2D eigenvalue weighted by atomic mass is 19.3.